The van der Waals surface area contributed by atoms with Crippen molar-refractivity contribution in [3.63, 3.8) is 0 Å². The van der Waals surface area contributed by atoms with Crippen LogP contribution in [0.1, 0.15) is 32.3 Å². The summed E-state index contributed by atoms with van der Waals surface area (Å²) in [7, 11) is 0. The molecule has 1 aromatic rings. The topological polar surface area (TPSA) is 46.6 Å². The molecule has 1 saturated heterocycles. The number of amides is 1. The molecule has 4 nitrogen and oxygen atoms in total. The first-order valence-electron chi connectivity index (χ1n) is 6.58. The fraction of sp³-hybridized carbons (Fsp3) is 0.467. The van der Waals surface area contributed by atoms with Crippen molar-refractivity contribution in [3.8, 4) is 0 Å². The molecule has 1 fully saturated rings. The molecule has 1 heterocycles. The Bertz CT molecular complexity index is 444. The second-order valence-electron chi connectivity index (χ2n) is 5.09. The predicted octanol–water partition coefficient (Wildman–Crippen LogP) is 2.77. The van der Waals surface area contributed by atoms with E-state index in [2.05, 4.69) is 0 Å². The van der Waals surface area contributed by atoms with Crippen molar-refractivity contribution in [2.45, 2.75) is 45.4 Å². The second-order valence-corrected chi connectivity index (χ2v) is 5.09. The molecule has 0 unspecified atom stereocenters. The summed E-state index contributed by atoms with van der Waals surface area (Å²) in [6.45, 7) is 4.04. The lowest BCUT2D eigenvalue weighted by molar-refractivity contribution is -0.124. The van der Waals surface area contributed by atoms with Gasteiger partial charge >= 0.3 is 6.09 Å². The number of carbonyl (C=O) groups excluding carboxylic acids is 2. The second kappa shape index (κ2) is 5.87. The van der Waals surface area contributed by atoms with Crippen LogP contribution in [-0.2, 0) is 16.1 Å². The summed E-state index contributed by atoms with van der Waals surface area (Å²) in [6, 6.07) is 9.41. The van der Waals surface area contributed by atoms with E-state index in [4.69, 9.17) is 4.74 Å². The molecule has 0 N–H and O–H groups in total. The van der Waals surface area contributed by atoms with Crippen LogP contribution in [0.3, 0.4) is 0 Å². The third-order valence-electron chi connectivity index (χ3n) is 3.41. The summed E-state index contributed by atoms with van der Waals surface area (Å²) in [4.78, 5) is 25.2. The van der Waals surface area contributed by atoms with E-state index >= 15 is 0 Å². The number of ether oxygens (including phenoxy) is 1. The molecule has 0 spiro atoms. The number of Topliss-reactive ketones (excluding diaryl/α,β-unsaturated/α-hetero) is 1. The van der Waals surface area contributed by atoms with Gasteiger partial charge in [0.05, 0.1) is 0 Å². The third-order valence-corrected chi connectivity index (χ3v) is 3.41. The zero-order valence-electron chi connectivity index (χ0n) is 11.3. The Labute approximate surface area is 113 Å². The Hall–Kier alpha value is -1.84. The van der Waals surface area contributed by atoms with Crippen molar-refractivity contribution >= 4 is 11.9 Å². The summed E-state index contributed by atoms with van der Waals surface area (Å²) < 4.78 is 5.32. The zero-order chi connectivity index (χ0) is 13.8. The fourth-order valence-corrected chi connectivity index (χ4v) is 2.53. The molecule has 1 aliphatic heterocycles. The van der Waals surface area contributed by atoms with Gasteiger partial charge in [0.25, 0.3) is 0 Å². The van der Waals surface area contributed by atoms with Gasteiger partial charge in [-0.05, 0) is 19.4 Å². The van der Waals surface area contributed by atoms with Crippen LogP contribution in [0.25, 0.3) is 0 Å². The molecule has 1 aliphatic rings. The lowest BCUT2D eigenvalue weighted by atomic mass is 9.97. The van der Waals surface area contributed by atoms with Gasteiger partial charge in [0, 0.05) is 24.9 Å². The Balaban J connectivity index is 1.94. The molecule has 0 bridgehead atoms. The van der Waals surface area contributed by atoms with Crippen molar-refractivity contribution in [2.75, 3.05) is 0 Å². The Morgan fingerprint density at radius 2 is 1.79 bits per heavy atom. The highest BCUT2D eigenvalue weighted by Crippen LogP contribution is 2.21. The molecule has 19 heavy (non-hydrogen) atoms. The fourth-order valence-electron chi connectivity index (χ4n) is 2.53. The van der Waals surface area contributed by atoms with Gasteiger partial charge in [-0.15, -0.1) is 0 Å². The molecule has 1 aromatic carbocycles. The van der Waals surface area contributed by atoms with Gasteiger partial charge in [-0.3, -0.25) is 4.79 Å². The minimum absolute atomic E-state index is 0.0838. The van der Waals surface area contributed by atoms with E-state index < -0.39 is 0 Å². The number of nitrogens with zero attached hydrogens (tertiary/aromatic N) is 1. The van der Waals surface area contributed by atoms with Gasteiger partial charge in [-0.1, -0.05) is 30.3 Å². The van der Waals surface area contributed by atoms with E-state index in [0.717, 1.165) is 5.56 Å². The van der Waals surface area contributed by atoms with E-state index in [-0.39, 0.29) is 30.6 Å². The molecule has 2 atom stereocenters. The standard InChI is InChI=1S/C15H19NO3/c1-11-8-14(17)9-12(2)16(11)15(18)19-10-13-6-4-3-5-7-13/h3-7,11-12H,8-10H2,1-2H3/t11-,12-/m0/s1. The SMILES string of the molecule is C[C@H]1CC(=O)C[C@H](C)N1C(=O)OCc1ccccc1. The van der Waals surface area contributed by atoms with Crippen molar-refractivity contribution in [3.05, 3.63) is 35.9 Å². The summed E-state index contributed by atoms with van der Waals surface area (Å²) in [6.07, 6.45) is 0.506. The minimum atomic E-state index is -0.337. The number of rotatable bonds is 2. The molecular weight excluding hydrogens is 242 g/mol. The first-order chi connectivity index (χ1) is 9.08. The number of likely N-dealkylation sites (tertiary alicyclic amines) is 1. The van der Waals surface area contributed by atoms with Crippen molar-refractivity contribution in [2.24, 2.45) is 0 Å². The van der Waals surface area contributed by atoms with E-state index in [9.17, 15) is 9.59 Å². The zero-order valence-corrected chi connectivity index (χ0v) is 11.3. The highest BCUT2D eigenvalue weighted by atomic mass is 16.6. The highest BCUT2D eigenvalue weighted by molar-refractivity contribution is 5.82. The highest BCUT2D eigenvalue weighted by Gasteiger charge is 2.33. The van der Waals surface area contributed by atoms with Crippen molar-refractivity contribution < 1.29 is 14.3 Å². The van der Waals surface area contributed by atoms with Crippen LogP contribution < -0.4 is 0 Å². The van der Waals surface area contributed by atoms with E-state index in [0.29, 0.717) is 12.8 Å². The van der Waals surface area contributed by atoms with Crippen molar-refractivity contribution in [1.82, 2.24) is 4.90 Å². The molecule has 102 valence electrons. The molecule has 0 aliphatic carbocycles. The molecule has 0 aromatic heterocycles. The lowest BCUT2D eigenvalue weighted by Gasteiger charge is -2.37. The minimum Gasteiger partial charge on any atom is -0.445 e. The summed E-state index contributed by atoms with van der Waals surface area (Å²) in [5, 5.41) is 0. The molecule has 2 rings (SSSR count). The molecular formula is C15H19NO3. The number of hydrogen-bond acceptors (Lipinski definition) is 3. The predicted molar refractivity (Wildman–Crippen MR) is 71.6 cm³/mol. The van der Waals surface area contributed by atoms with Crippen molar-refractivity contribution in [1.29, 1.82) is 0 Å². The normalized spacial score (nSPS) is 23.3. The maximum Gasteiger partial charge on any atom is 0.410 e. The van der Waals surface area contributed by atoms with Gasteiger partial charge in [0.2, 0.25) is 0 Å². The largest absolute Gasteiger partial charge is 0.445 e. The average Bonchev–Trinajstić information content (AvgIpc) is 2.36. The maximum absolute atomic E-state index is 12.1. The molecule has 1 amide bonds. The van der Waals surface area contributed by atoms with Crippen LogP contribution >= 0.6 is 0 Å². The van der Waals surface area contributed by atoms with Crippen LogP contribution in [0.5, 0.6) is 0 Å². The van der Waals surface area contributed by atoms with E-state index in [1.807, 2.05) is 44.2 Å². The van der Waals surface area contributed by atoms with Gasteiger partial charge in [0.1, 0.15) is 12.4 Å². The monoisotopic (exact) mass is 261 g/mol. The first-order valence-corrected chi connectivity index (χ1v) is 6.58. The van der Waals surface area contributed by atoms with Gasteiger partial charge in [-0.25, -0.2) is 4.79 Å². The van der Waals surface area contributed by atoms with Crippen LogP contribution in [0, 0.1) is 0 Å². The number of hydrogen-bond donors (Lipinski definition) is 0. The maximum atomic E-state index is 12.1. The van der Waals surface area contributed by atoms with E-state index in [1.54, 1.807) is 4.90 Å². The van der Waals surface area contributed by atoms with Crippen LogP contribution in [-0.4, -0.2) is 28.9 Å². The number of piperidine rings is 1. The number of ketones is 1. The van der Waals surface area contributed by atoms with Gasteiger partial charge in [0.15, 0.2) is 0 Å². The number of benzene rings is 1. The van der Waals surface area contributed by atoms with Gasteiger partial charge in [-0.2, -0.15) is 0 Å². The average molecular weight is 261 g/mol. The summed E-state index contributed by atoms with van der Waals surface area (Å²) in [5.41, 5.74) is 0.962. The van der Waals surface area contributed by atoms with Crippen LogP contribution in [0.15, 0.2) is 30.3 Å². The number of carbonyl (C=O) groups is 2. The Kier molecular flexibility index (Phi) is 4.20. The molecule has 0 radical (unpaired) electrons. The Morgan fingerprint density at radius 1 is 1.21 bits per heavy atom. The van der Waals surface area contributed by atoms with Crippen LogP contribution in [0.4, 0.5) is 4.79 Å². The van der Waals surface area contributed by atoms with E-state index in [1.165, 1.54) is 0 Å². The molecule has 0 saturated carbocycles. The third kappa shape index (κ3) is 3.34. The lowest BCUT2D eigenvalue weighted by Crippen LogP contribution is -2.50. The van der Waals surface area contributed by atoms with Crippen LogP contribution in [0.2, 0.25) is 0 Å². The Morgan fingerprint density at radius 3 is 2.37 bits per heavy atom. The van der Waals surface area contributed by atoms with Gasteiger partial charge < -0.3 is 9.64 Å². The quantitative estimate of drug-likeness (QED) is 0.822. The summed E-state index contributed by atoms with van der Waals surface area (Å²) >= 11 is 0. The first kappa shape index (κ1) is 13.6. The molecule has 4 heteroatoms. The smallest absolute Gasteiger partial charge is 0.410 e. The summed E-state index contributed by atoms with van der Waals surface area (Å²) in [5.74, 6) is 0.215.